The first-order valence-corrected chi connectivity index (χ1v) is 5.66. The van der Waals surface area contributed by atoms with Gasteiger partial charge in [0, 0.05) is 6.42 Å². The summed E-state index contributed by atoms with van der Waals surface area (Å²) in [7, 11) is 0. The molecule has 3 rings (SSSR count). The number of imidazole rings is 1. The number of alkyl halides is 1. The normalized spacial score (nSPS) is 27.2. The standard InChI is InChI=1S/C10H11FN4O4/c11-6-1-5(2-16)19-10(6)14-3-12-7-8(14)13-4-15(18)9(7)17/h3-6,10,16-17H,1-2H2/t5-,6-,10+/m0/s1. The Morgan fingerprint density at radius 2 is 2.37 bits per heavy atom. The Balaban J connectivity index is 2.05. The highest BCUT2D eigenvalue weighted by Crippen LogP contribution is 2.33. The average Bonchev–Trinajstić information content (AvgIpc) is 2.97. The van der Waals surface area contributed by atoms with Gasteiger partial charge < -0.3 is 20.2 Å². The second-order valence-electron chi connectivity index (χ2n) is 4.30. The van der Waals surface area contributed by atoms with Crippen LogP contribution in [0.3, 0.4) is 0 Å². The maximum absolute atomic E-state index is 13.9. The number of fused-ring (bicyclic) bond motifs is 1. The molecular formula is C10H11FN4O4. The third-order valence-corrected chi connectivity index (χ3v) is 3.08. The number of halogens is 1. The van der Waals surface area contributed by atoms with Gasteiger partial charge in [0.15, 0.2) is 6.23 Å². The van der Waals surface area contributed by atoms with Gasteiger partial charge in [-0.05, 0) is 4.98 Å². The van der Waals surface area contributed by atoms with E-state index in [4.69, 9.17) is 9.84 Å². The maximum atomic E-state index is 13.9. The van der Waals surface area contributed by atoms with Crippen molar-refractivity contribution in [1.82, 2.24) is 14.5 Å². The summed E-state index contributed by atoms with van der Waals surface area (Å²) in [6.45, 7) is -0.275. The van der Waals surface area contributed by atoms with E-state index < -0.39 is 24.4 Å². The topological polar surface area (TPSA) is 107 Å². The van der Waals surface area contributed by atoms with Crippen LogP contribution in [-0.2, 0) is 4.74 Å². The number of rotatable bonds is 2. The minimum Gasteiger partial charge on any atom is -0.708 e. The number of hydrogen-bond donors (Lipinski definition) is 2. The third-order valence-electron chi connectivity index (χ3n) is 3.08. The third kappa shape index (κ3) is 1.78. The Hall–Kier alpha value is -2.00. The van der Waals surface area contributed by atoms with Gasteiger partial charge in [-0.2, -0.15) is 0 Å². The minimum absolute atomic E-state index is 0.0271. The second-order valence-corrected chi connectivity index (χ2v) is 4.30. The van der Waals surface area contributed by atoms with Gasteiger partial charge in [0.25, 0.3) is 12.0 Å². The second kappa shape index (κ2) is 4.28. The Labute approximate surface area is 106 Å². The molecule has 0 amide bonds. The minimum atomic E-state index is -1.32. The SMILES string of the molecule is [O-][n+]1cnc2c(ncn2[C@@H]2O[C@H](CO)C[C@@H]2F)c1O. The summed E-state index contributed by atoms with van der Waals surface area (Å²) < 4.78 is 20.7. The summed E-state index contributed by atoms with van der Waals surface area (Å²) in [6, 6.07) is 0. The number of aliphatic hydroxyl groups excluding tert-OH is 1. The molecule has 9 heteroatoms. The van der Waals surface area contributed by atoms with Crippen LogP contribution in [0.25, 0.3) is 11.2 Å². The van der Waals surface area contributed by atoms with Crippen LogP contribution < -0.4 is 4.73 Å². The van der Waals surface area contributed by atoms with Crippen LogP contribution in [0.15, 0.2) is 12.7 Å². The molecule has 0 spiro atoms. The first-order chi connectivity index (χ1) is 9.11. The van der Waals surface area contributed by atoms with Crippen molar-refractivity contribution in [3.8, 4) is 5.88 Å². The van der Waals surface area contributed by atoms with Crippen molar-refractivity contribution in [1.29, 1.82) is 0 Å². The van der Waals surface area contributed by atoms with Crippen LogP contribution in [0.5, 0.6) is 5.88 Å². The lowest BCUT2D eigenvalue weighted by molar-refractivity contribution is -0.615. The molecule has 19 heavy (non-hydrogen) atoms. The molecule has 0 aromatic carbocycles. The number of aromatic hydroxyl groups is 1. The zero-order chi connectivity index (χ0) is 13.6. The Morgan fingerprint density at radius 1 is 1.58 bits per heavy atom. The molecule has 0 bridgehead atoms. The molecule has 8 nitrogen and oxygen atoms in total. The van der Waals surface area contributed by atoms with Crippen LogP contribution in [0, 0.1) is 5.21 Å². The smallest absolute Gasteiger partial charge is 0.317 e. The summed E-state index contributed by atoms with van der Waals surface area (Å²) in [5.74, 6) is -0.601. The summed E-state index contributed by atoms with van der Waals surface area (Å²) in [6.07, 6.45) is -0.703. The van der Waals surface area contributed by atoms with E-state index in [2.05, 4.69) is 9.97 Å². The highest BCUT2D eigenvalue weighted by Gasteiger charge is 2.38. The molecule has 0 unspecified atom stereocenters. The average molecular weight is 270 g/mol. The molecule has 3 atom stereocenters. The van der Waals surface area contributed by atoms with Gasteiger partial charge >= 0.3 is 5.88 Å². The first kappa shape index (κ1) is 12.1. The van der Waals surface area contributed by atoms with Crippen LogP contribution in [0.4, 0.5) is 4.39 Å². The fourth-order valence-electron chi connectivity index (χ4n) is 2.16. The van der Waals surface area contributed by atoms with E-state index >= 15 is 0 Å². The van der Waals surface area contributed by atoms with E-state index in [9.17, 15) is 14.7 Å². The Bertz CT molecular complexity index is 619. The Kier molecular flexibility index (Phi) is 2.72. The predicted molar refractivity (Wildman–Crippen MR) is 58.7 cm³/mol. The molecule has 2 N–H and O–H groups in total. The van der Waals surface area contributed by atoms with Gasteiger partial charge in [0.05, 0.1) is 12.7 Å². The molecule has 1 fully saturated rings. The molecule has 0 saturated carbocycles. The van der Waals surface area contributed by atoms with Crippen LogP contribution in [0.2, 0.25) is 0 Å². The van der Waals surface area contributed by atoms with Crippen molar-refractivity contribution in [2.75, 3.05) is 6.61 Å². The Morgan fingerprint density at radius 3 is 3.05 bits per heavy atom. The molecule has 2 aromatic heterocycles. The monoisotopic (exact) mass is 270 g/mol. The van der Waals surface area contributed by atoms with E-state index in [0.717, 1.165) is 6.33 Å². The lowest BCUT2D eigenvalue weighted by Gasteiger charge is -2.13. The van der Waals surface area contributed by atoms with E-state index in [0.29, 0.717) is 0 Å². The van der Waals surface area contributed by atoms with Gasteiger partial charge in [0.2, 0.25) is 5.52 Å². The summed E-state index contributed by atoms with van der Waals surface area (Å²) in [4.78, 5) is 7.64. The molecule has 0 aliphatic carbocycles. The van der Waals surface area contributed by atoms with Crippen LogP contribution in [0.1, 0.15) is 12.6 Å². The van der Waals surface area contributed by atoms with Crippen molar-refractivity contribution >= 4 is 11.2 Å². The number of aliphatic hydroxyl groups is 1. The van der Waals surface area contributed by atoms with Crippen molar-refractivity contribution in [3.05, 3.63) is 17.9 Å². The quantitative estimate of drug-likeness (QED) is 0.556. The highest BCUT2D eigenvalue weighted by molar-refractivity contribution is 5.74. The molecule has 0 radical (unpaired) electrons. The van der Waals surface area contributed by atoms with Crippen LogP contribution in [-0.4, -0.2) is 43.6 Å². The number of nitrogens with zero attached hydrogens (tertiary/aromatic N) is 4. The van der Waals surface area contributed by atoms with Crippen molar-refractivity contribution < 1.29 is 24.1 Å². The lowest BCUT2D eigenvalue weighted by atomic mass is 10.2. The summed E-state index contributed by atoms with van der Waals surface area (Å²) in [5.41, 5.74) is 0.122. The van der Waals surface area contributed by atoms with Crippen molar-refractivity contribution in [2.45, 2.75) is 24.9 Å². The first-order valence-electron chi connectivity index (χ1n) is 5.66. The van der Waals surface area contributed by atoms with E-state index in [1.54, 1.807) is 0 Å². The molecule has 2 aromatic rings. The number of hydrogen-bond acceptors (Lipinski definition) is 6. The number of ether oxygens (including phenoxy) is 1. The zero-order valence-electron chi connectivity index (χ0n) is 9.68. The fourth-order valence-corrected chi connectivity index (χ4v) is 2.16. The van der Waals surface area contributed by atoms with Gasteiger partial charge in [0.1, 0.15) is 12.5 Å². The van der Waals surface area contributed by atoms with Gasteiger partial charge in [-0.25, -0.2) is 14.1 Å². The number of aromatic nitrogens is 4. The molecule has 1 aliphatic heterocycles. The lowest BCUT2D eigenvalue weighted by Crippen LogP contribution is -2.27. The summed E-state index contributed by atoms with van der Waals surface area (Å²) in [5, 5.41) is 29.7. The molecule has 3 heterocycles. The predicted octanol–water partition coefficient (Wildman–Crippen LogP) is -0.612. The summed E-state index contributed by atoms with van der Waals surface area (Å²) >= 11 is 0. The van der Waals surface area contributed by atoms with Crippen LogP contribution >= 0.6 is 0 Å². The zero-order valence-corrected chi connectivity index (χ0v) is 9.68. The largest absolute Gasteiger partial charge is 0.708 e. The van der Waals surface area contributed by atoms with Crippen molar-refractivity contribution in [2.24, 2.45) is 0 Å². The van der Waals surface area contributed by atoms with E-state index in [1.807, 2.05) is 0 Å². The molecule has 102 valence electrons. The van der Waals surface area contributed by atoms with Gasteiger partial charge in [-0.1, -0.05) is 0 Å². The van der Waals surface area contributed by atoms with Gasteiger partial charge in [-0.15, -0.1) is 0 Å². The van der Waals surface area contributed by atoms with E-state index in [1.165, 1.54) is 10.9 Å². The molecule has 1 saturated heterocycles. The van der Waals surface area contributed by atoms with Crippen molar-refractivity contribution in [3.63, 3.8) is 0 Å². The van der Waals surface area contributed by atoms with Gasteiger partial charge in [-0.3, -0.25) is 4.57 Å². The molecular weight excluding hydrogens is 259 g/mol. The highest BCUT2D eigenvalue weighted by atomic mass is 19.1. The van der Waals surface area contributed by atoms with E-state index in [-0.39, 0.29) is 28.9 Å². The fraction of sp³-hybridized carbons (Fsp3) is 0.500. The maximum Gasteiger partial charge on any atom is 0.317 e. The molecule has 1 aliphatic rings.